The molecule has 0 saturated carbocycles. The van der Waals surface area contributed by atoms with Gasteiger partial charge in [-0.05, 0) is 50.4 Å². The highest BCUT2D eigenvalue weighted by Crippen LogP contribution is 2.27. The average molecular weight is 368 g/mol. The van der Waals surface area contributed by atoms with Crippen molar-refractivity contribution in [3.63, 3.8) is 0 Å². The maximum Gasteiger partial charge on any atom is 0.252 e. The first kappa shape index (κ1) is 19.7. The quantitative estimate of drug-likeness (QED) is 0.840. The summed E-state index contributed by atoms with van der Waals surface area (Å²) in [7, 11) is 1.56. The standard InChI is InChI=1S/C18H25N3O3.ClH/c1-24-18(8-10-19-11-9-18)17(23)20-13-16(22)21-12-4-6-14-5-2-3-7-15(14)21;/h2-3,5,7,19H,4,6,8-13H2,1H3,(H,20,23);1H. The maximum atomic E-state index is 12.6. The van der Waals surface area contributed by atoms with Crippen molar-refractivity contribution in [2.24, 2.45) is 0 Å². The molecule has 1 aromatic rings. The second-order valence-corrected chi connectivity index (χ2v) is 6.41. The van der Waals surface area contributed by atoms with Crippen LogP contribution in [0.3, 0.4) is 0 Å². The highest BCUT2D eigenvalue weighted by Gasteiger charge is 2.39. The number of rotatable bonds is 4. The molecule has 2 heterocycles. The zero-order chi connectivity index (χ0) is 17.0. The van der Waals surface area contributed by atoms with Crippen molar-refractivity contribution in [1.29, 1.82) is 0 Å². The minimum Gasteiger partial charge on any atom is -0.368 e. The molecule has 0 unspecified atom stereocenters. The van der Waals surface area contributed by atoms with Gasteiger partial charge in [-0.15, -0.1) is 12.4 Å². The van der Waals surface area contributed by atoms with Crippen LogP contribution in [0.15, 0.2) is 24.3 Å². The number of nitrogens with one attached hydrogen (secondary N) is 2. The van der Waals surface area contributed by atoms with E-state index in [1.807, 2.05) is 18.2 Å². The fourth-order valence-corrected chi connectivity index (χ4v) is 3.56. The fourth-order valence-electron chi connectivity index (χ4n) is 3.56. The van der Waals surface area contributed by atoms with Gasteiger partial charge in [0.05, 0.1) is 6.54 Å². The first-order chi connectivity index (χ1) is 11.7. The number of hydrogen-bond donors (Lipinski definition) is 2. The van der Waals surface area contributed by atoms with E-state index in [9.17, 15) is 9.59 Å². The number of piperidine rings is 1. The highest BCUT2D eigenvalue weighted by molar-refractivity contribution is 5.98. The molecule has 25 heavy (non-hydrogen) atoms. The van der Waals surface area contributed by atoms with Gasteiger partial charge in [-0.25, -0.2) is 0 Å². The van der Waals surface area contributed by atoms with Crippen LogP contribution in [0.5, 0.6) is 0 Å². The maximum absolute atomic E-state index is 12.6. The molecule has 0 spiro atoms. The number of ether oxygens (including phenoxy) is 1. The molecule has 1 aromatic carbocycles. The Hall–Kier alpha value is -1.63. The molecule has 0 atom stereocenters. The number of para-hydroxylation sites is 1. The number of anilines is 1. The Balaban J connectivity index is 0.00000225. The van der Waals surface area contributed by atoms with Crippen LogP contribution < -0.4 is 15.5 Å². The molecule has 0 radical (unpaired) electrons. The average Bonchev–Trinajstić information content (AvgIpc) is 2.65. The Kier molecular flexibility index (Phi) is 6.81. The molecule has 1 fully saturated rings. The molecule has 2 amide bonds. The highest BCUT2D eigenvalue weighted by atomic mass is 35.5. The summed E-state index contributed by atoms with van der Waals surface area (Å²) in [4.78, 5) is 26.9. The number of carbonyl (C=O) groups excluding carboxylic acids is 2. The SMILES string of the molecule is COC1(C(=O)NCC(=O)N2CCCc3ccccc32)CCNCC1.Cl. The fraction of sp³-hybridized carbons (Fsp3) is 0.556. The third-order valence-corrected chi connectivity index (χ3v) is 5.03. The first-order valence-corrected chi connectivity index (χ1v) is 8.59. The smallest absolute Gasteiger partial charge is 0.252 e. The summed E-state index contributed by atoms with van der Waals surface area (Å²) in [6, 6.07) is 7.96. The number of benzene rings is 1. The molecule has 6 nitrogen and oxygen atoms in total. The summed E-state index contributed by atoms with van der Waals surface area (Å²) < 4.78 is 5.50. The van der Waals surface area contributed by atoms with Gasteiger partial charge in [0.2, 0.25) is 5.91 Å². The Labute approximate surface area is 154 Å². The van der Waals surface area contributed by atoms with Crippen LogP contribution in [0.2, 0.25) is 0 Å². The van der Waals surface area contributed by atoms with Crippen LogP contribution in [0, 0.1) is 0 Å². The first-order valence-electron chi connectivity index (χ1n) is 8.59. The number of fused-ring (bicyclic) bond motifs is 1. The Morgan fingerprint density at radius 2 is 2.00 bits per heavy atom. The van der Waals surface area contributed by atoms with Gasteiger partial charge in [-0.3, -0.25) is 9.59 Å². The topological polar surface area (TPSA) is 70.7 Å². The molecule has 3 rings (SSSR count). The molecule has 0 aliphatic carbocycles. The van der Waals surface area contributed by atoms with Gasteiger partial charge in [-0.2, -0.15) is 0 Å². The van der Waals surface area contributed by atoms with Crippen molar-refractivity contribution in [3.05, 3.63) is 29.8 Å². The van der Waals surface area contributed by atoms with E-state index in [4.69, 9.17) is 4.74 Å². The number of hydrogen-bond acceptors (Lipinski definition) is 4. The lowest BCUT2D eigenvalue weighted by atomic mass is 9.91. The lowest BCUT2D eigenvalue weighted by molar-refractivity contribution is -0.147. The number of methoxy groups -OCH3 is 1. The molecule has 7 heteroatoms. The molecular formula is C18H26ClN3O3. The third kappa shape index (κ3) is 4.14. The number of nitrogens with zero attached hydrogens (tertiary/aromatic N) is 1. The Bertz CT molecular complexity index is 617. The van der Waals surface area contributed by atoms with Gasteiger partial charge in [0, 0.05) is 19.3 Å². The monoisotopic (exact) mass is 367 g/mol. The summed E-state index contributed by atoms with van der Waals surface area (Å²) in [6.45, 7) is 2.19. The molecule has 2 N–H and O–H groups in total. The van der Waals surface area contributed by atoms with Crippen LogP contribution in [0.25, 0.3) is 0 Å². The normalized spacial score (nSPS) is 18.7. The van der Waals surface area contributed by atoms with Crippen molar-refractivity contribution in [3.8, 4) is 0 Å². The van der Waals surface area contributed by atoms with Crippen LogP contribution in [-0.2, 0) is 20.7 Å². The van der Waals surface area contributed by atoms with E-state index in [0.717, 1.165) is 31.6 Å². The zero-order valence-electron chi connectivity index (χ0n) is 14.5. The molecule has 0 bridgehead atoms. The van der Waals surface area contributed by atoms with Crippen molar-refractivity contribution >= 4 is 29.9 Å². The predicted molar refractivity (Wildman–Crippen MR) is 99.2 cm³/mol. The molecule has 1 saturated heterocycles. The minimum absolute atomic E-state index is 0. The van der Waals surface area contributed by atoms with E-state index in [2.05, 4.69) is 16.7 Å². The zero-order valence-corrected chi connectivity index (χ0v) is 15.4. The number of carbonyl (C=O) groups is 2. The van der Waals surface area contributed by atoms with E-state index in [1.54, 1.807) is 12.0 Å². The van der Waals surface area contributed by atoms with Gasteiger partial charge in [0.1, 0.15) is 5.60 Å². The van der Waals surface area contributed by atoms with E-state index < -0.39 is 5.60 Å². The van der Waals surface area contributed by atoms with E-state index in [-0.39, 0.29) is 30.8 Å². The van der Waals surface area contributed by atoms with Crippen LogP contribution in [-0.4, -0.2) is 50.7 Å². The number of aryl methyl sites for hydroxylation is 1. The van der Waals surface area contributed by atoms with Gasteiger partial charge in [0.25, 0.3) is 5.91 Å². The molecule has 138 valence electrons. The Morgan fingerprint density at radius 3 is 2.72 bits per heavy atom. The van der Waals surface area contributed by atoms with Crippen LogP contribution >= 0.6 is 12.4 Å². The van der Waals surface area contributed by atoms with E-state index in [0.29, 0.717) is 19.4 Å². The van der Waals surface area contributed by atoms with Crippen LogP contribution in [0.4, 0.5) is 5.69 Å². The molecule has 2 aliphatic rings. The summed E-state index contributed by atoms with van der Waals surface area (Å²) >= 11 is 0. The molecule has 0 aromatic heterocycles. The van der Waals surface area contributed by atoms with Crippen molar-refractivity contribution in [1.82, 2.24) is 10.6 Å². The van der Waals surface area contributed by atoms with Gasteiger partial charge < -0.3 is 20.3 Å². The second kappa shape index (κ2) is 8.65. The number of amides is 2. The lowest BCUT2D eigenvalue weighted by Gasteiger charge is -2.35. The van der Waals surface area contributed by atoms with Gasteiger partial charge >= 0.3 is 0 Å². The second-order valence-electron chi connectivity index (χ2n) is 6.41. The van der Waals surface area contributed by atoms with E-state index >= 15 is 0 Å². The van der Waals surface area contributed by atoms with Gasteiger partial charge in [0.15, 0.2) is 0 Å². The summed E-state index contributed by atoms with van der Waals surface area (Å²) in [5, 5.41) is 6.01. The van der Waals surface area contributed by atoms with Gasteiger partial charge in [-0.1, -0.05) is 18.2 Å². The molecular weight excluding hydrogens is 342 g/mol. The third-order valence-electron chi connectivity index (χ3n) is 5.03. The van der Waals surface area contributed by atoms with Crippen molar-refractivity contribution in [2.45, 2.75) is 31.3 Å². The summed E-state index contributed by atoms with van der Waals surface area (Å²) in [5.74, 6) is -0.263. The summed E-state index contributed by atoms with van der Waals surface area (Å²) in [6.07, 6.45) is 3.18. The Morgan fingerprint density at radius 1 is 1.28 bits per heavy atom. The largest absolute Gasteiger partial charge is 0.368 e. The van der Waals surface area contributed by atoms with E-state index in [1.165, 1.54) is 5.56 Å². The van der Waals surface area contributed by atoms with Crippen molar-refractivity contribution in [2.75, 3.05) is 38.2 Å². The van der Waals surface area contributed by atoms with Crippen LogP contribution in [0.1, 0.15) is 24.8 Å². The lowest BCUT2D eigenvalue weighted by Crippen LogP contribution is -2.55. The van der Waals surface area contributed by atoms with Crippen molar-refractivity contribution < 1.29 is 14.3 Å². The molecule has 2 aliphatic heterocycles. The number of halogens is 1. The minimum atomic E-state index is -0.814. The predicted octanol–water partition coefficient (Wildman–Crippen LogP) is 1.27. The summed E-state index contributed by atoms with van der Waals surface area (Å²) in [5.41, 5.74) is 1.34.